The minimum atomic E-state index is -3.41. The van der Waals surface area contributed by atoms with Gasteiger partial charge in [-0.25, -0.2) is 4.79 Å². The van der Waals surface area contributed by atoms with Crippen molar-refractivity contribution in [2.75, 3.05) is 19.8 Å². The number of aromatic nitrogens is 2. The van der Waals surface area contributed by atoms with Gasteiger partial charge in [0.25, 0.3) is 5.56 Å². The number of rotatable bonds is 10. The second-order valence-corrected chi connectivity index (χ2v) is 8.31. The minimum absolute atomic E-state index is 0.116. The molecule has 158 valence electrons. The first kappa shape index (κ1) is 22.8. The highest BCUT2D eigenvalue weighted by Crippen LogP contribution is 2.49. The van der Waals surface area contributed by atoms with Crippen molar-refractivity contribution in [3.63, 3.8) is 0 Å². The van der Waals surface area contributed by atoms with Crippen LogP contribution in [0, 0.1) is 6.92 Å². The Morgan fingerprint density at radius 3 is 2.64 bits per heavy atom. The Morgan fingerprint density at radius 1 is 1.32 bits per heavy atom. The van der Waals surface area contributed by atoms with Gasteiger partial charge < -0.3 is 18.5 Å². The van der Waals surface area contributed by atoms with Crippen molar-refractivity contribution in [3.8, 4) is 0 Å². The summed E-state index contributed by atoms with van der Waals surface area (Å²) in [7, 11) is -3.41. The lowest BCUT2D eigenvalue weighted by atomic mass is 10.2. The van der Waals surface area contributed by atoms with Crippen molar-refractivity contribution in [2.45, 2.75) is 59.0 Å². The van der Waals surface area contributed by atoms with Crippen LogP contribution in [-0.4, -0.2) is 41.8 Å². The van der Waals surface area contributed by atoms with E-state index in [1.807, 2.05) is 0 Å². The van der Waals surface area contributed by atoms with Gasteiger partial charge in [-0.15, -0.1) is 0 Å². The number of nitrogens with zero attached hydrogens (tertiary/aromatic N) is 1. The van der Waals surface area contributed by atoms with E-state index in [4.69, 9.17) is 18.5 Å². The Kier molecular flexibility index (Phi) is 8.85. The lowest BCUT2D eigenvalue weighted by Crippen LogP contribution is -2.36. The molecule has 0 spiro atoms. The summed E-state index contributed by atoms with van der Waals surface area (Å²) in [6.45, 7) is 6.26. The first-order valence-corrected chi connectivity index (χ1v) is 11.1. The molecule has 1 aromatic rings. The number of aryl methyl sites for hydroxylation is 1. The summed E-state index contributed by atoms with van der Waals surface area (Å²) in [5.41, 5.74) is -0.562. The molecule has 2 heterocycles. The fourth-order valence-corrected chi connectivity index (χ4v) is 4.16. The largest absolute Gasteiger partial charge is 0.353 e. The van der Waals surface area contributed by atoms with E-state index in [0.29, 0.717) is 12.2 Å². The van der Waals surface area contributed by atoms with Crippen LogP contribution in [0.1, 0.15) is 38.7 Å². The van der Waals surface area contributed by atoms with E-state index < -0.39 is 31.2 Å². The summed E-state index contributed by atoms with van der Waals surface area (Å²) in [4.78, 5) is 26.0. The lowest BCUT2D eigenvalue weighted by molar-refractivity contribution is -0.180. The van der Waals surface area contributed by atoms with Crippen LogP contribution in [0.5, 0.6) is 0 Å². The Hall–Kier alpha value is -1.51. The average molecular weight is 416 g/mol. The van der Waals surface area contributed by atoms with Crippen molar-refractivity contribution in [2.24, 2.45) is 0 Å². The number of H-pyrrole nitrogens is 1. The predicted molar refractivity (Wildman–Crippen MR) is 105 cm³/mol. The van der Waals surface area contributed by atoms with Crippen LogP contribution in [0.25, 0.3) is 0 Å². The van der Waals surface area contributed by atoms with Gasteiger partial charge in [0.15, 0.2) is 6.29 Å². The molecule has 1 aliphatic rings. The van der Waals surface area contributed by atoms with Crippen molar-refractivity contribution in [1.29, 1.82) is 0 Å². The zero-order valence-corrected chi connectivity index (χ0v) is 17.5. The van der Waals surface area contributed by atoms with E-state index in [1.165, 1.54) is 16.6 Å². The molecule has 2 atom stereocenters. The monoisotopic (exact) mass is 416 g/mol. The molecule has 0 saturated carbocycles. The Labute approximate surface area is 164 Å². The van der Waals surface area contributed by atoms with Crippen LogP contribution in [0.15, 0.2) is 27.7 Å². The van der Waals surface area contributed by atoms with E-state index in [-0.39, 0.29) is 19.8 Å². The zero-order chi connectivity index (χ0) is 20.6. The minimum Gasteiger partial charge on any atom is -0.353 e. The van der Waals surface area contributed by atoms with Crippen molar-refractivity contribution in [1.82, 2.24) is 9.55 Å². The summed E-state index contributed by atoms with van der Waals surface area (Å²) in [6.07, 6.45) is 4.69. The van der Waals surface area contributed by atoms with Gasteiger partial charge in [0, 0.05) is 24.2 Å². The van der Waals surface area contributed by atoms with E-state index >= 15 is 0 Å². The quantitative estimate of drug-likeness (QED) is 0.584. The SMILES string of the molecule is CCOP(=O)(C=C[C@H](Cn1cc(C)c(=O)[nH]c1=O)O[C@H]1CCCCO1)OCC. The lowest BCUT2D eigenvalue weighted by Gasteiger charge is -2.27. The third-order valence-corrected chi connectivity index (χ3v) is 5.90. The Bertz CT molecular complexity index is 801. The molecular formula is C18H29N2O7P. The summed E-state index contributed by atoms with van der Waals surface area (Å²) >= 11 is 0. The van der Waals surface area contributed by atoms with E-state index in [2.05, 4.69) is 4.98 Å². The number of nitrogens with one attached hydrogen (secondary N) is 1. The van der Waals surface area contributed by atoms with Gasteiger partial charge in [-0.1, -0.05) is 0 Å². The molecule has 0 amide bonds. The summed E-state index contributed by atoms with van der Waals surface area (Å²) in [5.74, 6) is 1.36. The van der Waals surface area contributed by atoms with Gasteiger partial charge >= 0.3 is 13.3 Å². The first-order chi connectivity index (χ1) is 13.4. The molecule has 9 nitrogen and oxygen atoms in total. The molecular weight excluding hydrogens is 387 g/mol. The molecule has 10 heteroatoms. The van der Waals surface area contributed by atoms with Crippen LogP contribution in [0.3, 0.4) is 0 Å². The summed E-state index contributed by atoms with van der Waals surface area (Å²) in [5, 5.41) is 0. The maximum absolute atomic E-state index is 12.7. The number of hydrogen-bond acceptors (Lipinski definition) is 7. The van der Waals surface area contributed by atoms with E-state index in [1.54, 1.807) is 26.8 Å². The maximum atomic E-state index is 12.7. The Morgan fingerprint density at radius 2 is 2.04 bits per heavy atom. The van der Waals surface area contributed by atoms with Gasteiger partial charge in [-0.2, -0.15) is 0 Å². The standard InChI is InChI=1S/C18H29N2O7P/c1-4-25-28(23,26-5-2)11-9-15(27-16-8-6-7-10-24-16)13-20-12-14(3)17(21)19-18(20)22/h9,11-12,15-16H,4-8,10,13H2,1-3H3,(H,19,21,22)/t15-,16+/m1/s1. The number of aromatic amines is 1. The van der Waals surface area contributed by atoms with Crippen LogP contribution >= 0.6 is 7.60 Å². The second-order valence-electron chi connectivity index (χ2n) is 6.41. The molecule has 0 aliphatic carbocycles. The fourth-order valence-electron chi connectivity index (χ4n) is 2.80. The average Bonchev–Trinajstić information content (AvgIpc) is 2.65. The highest BCUT2D eigenvalue weighted by Gasteiger charge is 2.23. The van der Waals surface area contributed by atoms with Crippen molar-refractivity contribution >= 4 is 7.60 Å². The highest BCUT2D eigenvalue weighted by atomic mass is 31.2. The fraction of sp³-hybridized carbons (Fsp3) is 0.667. The van der Waals surface area contributed by atoms with Crippen LogP contribution in [0.2, 0.25) is 0 Å². The van der Waals surface area contributed by atoms with E-state index in [0.717, 1.165) is 19.3 Å². The van der Waals surface area contributed by atoms with Crippen LogP contribution in [0.4, 0.5) is 0 Å². The molecule has 1 N–H and O–H groups in total. The summed E-state index contributed by atoms with van der Waals surface area (Å²) < 4.78 is 36.2. The predicted octanol–water partition coefficient (Wildman–Crippen LogP) is 2.54. The van der Waals surface area contributed by atoms with Crippen LogP contribution in [-0.2, 0) is 29.6 Å². The normalized spacial score (nSPS) is 19.2. The molecule has 1 fully saturated rings. The van der Waals surface area contributed by atoms with Crippen molar-refractivity contribution < 1.29 is 23.1 Å². The molecule has 0 bridgehead atoms. The number of hydrogen-bond donors (Lipinski definition) is 1. The molecule has 0 unspecified atom stereocenters. The highest BCUT2D eigenvalue weighted by molar-refractivity contribution is 7.57. The molecule has 0 radical (unpaired) electrons. The number of ether oxygens (including phenoxy) is 2. The smallest absolute Gasteiger partial charge is 0.353 e. The molecule has 0 aromatic carbocycles. The van der Waals surface area contributed by atoms with Gasteiger partial charge in [-0.3, -0.25) is 18.9 Å². The topological polar surface area (TPSA) is 109 Å². The Balaban J connectivity index is 2.24. The second kappa shape index (κ2) is 10.9. The van der Waals surface area contributed by atoms with Crippen LogP contribution < -0.4 is 11.2 Å². The van der Waals surface area contributed by atoms with Crippen molar-refractivity contribution in [3.05, 3.63) is 44.5 Å². The van der Waals surface area contributed by atoms with Gasteiger partial charge in [0.1, 0.15) is 0 Å². The maximum Gasteiger partial charge on any atom is 0.353 e. The first-order valence-electron chi connectivity index (χ1n) is 9.52. The molecule has 28 heavy (non-hydrogen) atoms. The molecule has 1 aliphatic heterocycles. The molecule has 1 saturated heterocycles. The van der Waals surface area contributed by atoms with E-state index in [9.17, 15) is 14.2 Å². The van der Waals surface area contributed by atoms with Gasteiger partial charge in [-0.05, 0) is 46.1 Å². The molecule has 1 aromatic heterocycles. The summed E-state index contributed by atoms with van der Waals surface area (Å²) in [6, 6.07) is 0. The van der Waals surface area contributed by atoms with Gasteiger partial charge in [0.05, 0.1) is 25.9 Å². The third-order valence-electron chi connectivity index (χ3n) is 4.13. The zero-order valence-electron chi connectivity index (χ0n) is 16.6. The molecule has 2 rings (SSSR count). The van der Waals surface area contributed by atoms with Gasteiger partial charge in [0.2, 0.25) is 0 Å². The third kappa shape index (κ3) is 6.83.